The van der Waals surface area contributed by atoms with Gasteiger partial charge in [-0.15, -0.1) is 0 Å². The molecule has 1 saturated heterocycles. The second kappa shape index (κ2) is 4.25. The van der Waals surface area contributed by atoms with E-state index in [-0.39, 0.29) is 5.91 Å². The van der Waals surface area contributed by atoms with Crippen LogP contribution >= 0.6 is 0 Å². The summed E-state index contributed by atoms with van der Waals surface area (Å²) >= 11 is 0. The summed E-state index contributed by atoms with van der Waals surface area (Å²) in [5.74, 6) is 0.867. The second-order valence-electron chi connectivity index (χ2n) is 4.30. The summed E-state index contributed by atoms with van der Waals surface area (Å²) in [7, 11) is 1.85. The van der Waals surface area contributed by atoms with Crippen LogP contribution in [0.4, 0.5) is 0 Å². The van der Waals surface area contributed by atoms with Gasteiger partial charge in [0.1, 0.15) is 5.76 Å². The molecule has 5 nitrogen and oxygen atoms in total. The van der Waals surface area contributed by atoms with E-state index >= 15 is 0 Å². The largest absolute Gasteiger partial charge is 0.361 e. The summed E-state index contributed by atoms with van der Waals surface area (Å²) in [6, 6.07) is 0.341. The van der Waals surface area contributed by atoms with E-state index in [1.54, 1.807) is 0 Å². The van der Waals surface area contributed by atoms with Gasteiger partial charge in [0, 0.05) is 25.7 Å². The average Bonchev–Trinajstić information content (AvgIpc) is 2.46. The Kier molecular flexibility index (Phi) is 2.96. The molecule has 0 atom stereocenters. The van der Waals surface area contributed by atoms with Gasteiger partial charge in [-0.25, -0.2) is 0 Å². The third-order valence-electron chi connectivity index (χ3n) is 3.21. The fourth-order valence-electron chi connectivity index (χ4n) is 1.78. The predicted molar refractivity (Wildman–Crippen MR) is 59.1 cm³/mol. The van der Waals surface area contributed by atoms with E-state index in [4.69, 9.17) is 4.52 Å². The molecule has 1 aliphatic rings. The molecule has 1 aromatic heterocycles. The van der Waals surface area contributed by atoms with Crippen LogP contribution in [0.15, 0.2) is 4.52 Å². The number of carbonyl (C=O) groups excluding carboxylic acids is 1. The van der Waals surface area contributed by atoms with Gasteiger partial charge in [0.2, 0.25) is 5.91 Å². The summed E-state index contributed by atoms with van der Waals surface area (Å²) in [4.78, 5) is 13.8. The minimum absolute atomic E-state index is 0.126. The number of hydrogen-bond acceptors (Lipinski definition) is 4. The van der Waals surface area contributed by atoms with E-state index in [1.165, 1.54) is 0 Å². The first-order chi connectivity index (χ1) is 7.59. The topological polar surface area (TPSA) is 58.4 Å². The highest BCUT2D eigenvalue weighted by Crippen LogP contribution is 2.14. The number of nitrogens with zero attached hydrogens (tertiary/aromatic N) is 2. The van der Waals surface area contributed by atoms with Crippen LogP contribution in [0.5, 0.6) is 0 Å². The van der Waals surface area contributed by atoms with Crippen LogP contribution in [-0.2, 0) is 11.2 Å². The van der Waals surface area contributed by atoms with Crippen molar-refractivity contribution < 1.29 is 9.32 Å². The molecule has 0 aliphatic carbocycles. The van der Waals surface area contributed by atoms with Crippen LogP contribution in [0.3, 0.4) is 0 Å². The molecule has 16 heavy (non-hydrogen) atoms. The molecular formula is C11H17N3O2. The lowest BCUT2D eigenvalue weighted by Crippen LogP contribution is -2.57. The lowest BCUT2D eigenvalue weighted by Gasteiger charge is -2.35. The number of aryl methyl sites for hydroxylation is 2. The van der Waals surface area contributed by atoms with Crippen molar-refractivity contribution in [3.05, 3.63) is 17.0 Å². The lowest BCUT2D eigenvalue weighted by molar-refractivity contribution is -0.132. The zero-order valence-corrected chi connectivity index (χ0v) is 9.91. The number of carbonyl (C=O) groups is 1. The van der Waals surface area contributed by atoms with Gasteiger partial charge in [-0.05, 0) is 13.8 Å². The van der Waals surface area contributed by atoms with Crippen LogP contribution in [0.1, 0.15) is 17.0 Å². The van der Waals surface area contributed by atoms with Gasteiger partial charge in [-0.1, -0.05) is 5.16 Å². The molecule has 2 rings (SSSR count). The first-order valence-electron chi connectivity index (χ1n) is 5.47. The van der Waals surface area contributed by atoms with Crippen LogP contribution < -0.4 is 5.32 Å². The van der Waals surface area contributed by atoms with Gasteiger partial charge in [0.25, 0.3) is 0 Å². The van der Waals surface area contributed by atoms with E-state index in [0.29, 0.717) is 12.5 Å². The highest BCUT2D eigenvalue weighted by atomic mass is 16.5. The monoisotopic (exact) mass is 223 g/mol. The van der Waals surface area contributed by atoms with E-state index in [1.807, 2.05) is 25.8 Å². The maximum atomic E-state index is 12.0. The molecule has 1 amide bonds. The standard InChI is InChI=1S/C11H17N3O2/c1-7-10(8(2)16-13-7)4-11(15)14(3)9-5-12-6-9/h9,12H,4-6H2,1-3H3. The van der Waals surface area contributed by atoms with Crippen LogP contribution in [0.25, 0.3) is 0 Å². The number of hydrogen-bond donors (Lipinski definition) is 1. The van der Waals surface area contributed by atoms with Gasteiger partial charge in [-0.3, -0.25) is 4.79 Å². The summed E-state index contributed by atoms with van der Waals surface area (Å²) in [6.07, 6.45) is 0.383. The Labute approximate surface area is 94.8 Å². The van der Waals surface area contributed by atoms with Crippen LogP contribution in [-0.4, -0.2) is 42.1 Å². The molecule has 88 valence electrons. The van der Waals surface area contributed by atoms with Crippen molar-refractivity contribution >= 4 is 5.91 Å². The van der Waals surface area contributed by atoms with Crippen molar-refractivity contribution in [3.63, 3.8) is 0 Å². The minimum Gasteiger partial charge on any atom is -0.361 e. The van der Waals surface area contributed by atoms with E-state index in [9.17, 15) is 4.79 Å². The summed E-state index contributed by atoms with van der Waals surface area (Å²) in [6.45, 7) is 5.49. The van der Waals surface area contributed by atoms with Crippen molar-refractivity contribution in [2.75, 3.05) is 20.1 Å². The van der Waals surface area contributed by atoms with Gasteiger partial charge >= 0.3 is 0 Å². The number of likely N-dealkylation sites (N-methyl/N-ethyl adjacent to an activating group) is 1. The quantitative estimate of drug-likeness (QED) is 0.798. The maximum absolute atomic E-state index is 12.0. The Balaban J connectivity index is 2.01. The van der Waals surface area contributed by atoms with E-state index in [2.05, 4.69) is 10.5 Å². The molecule has 0 unspecified atom stereocenters. The lowest BCUT2D eigenvalue weighted by atomic mass is 10.1. The highest BCUT2D eigenvalue weighted by Gasteiger charge is 2.26. The molecule has 0 bridgehead atoms. The second-order valence-corrected chi connectivity index (χ2v) is 4.30. The Morgan fingerprint density at radius 2 is 2.25 bits per heavy atom. The molecule has 0 saturated carbocycles. The number of amides is 1. The Bertz CT molecular complexity index is 376. The Hall–Kier alpha value is -1.36. The highest BCUT2D eigenvalue weighted by molar-refractivity contribution is 5.79. The zero-order chi connectivity index (χ0) is 11.7. The van der Waals surface area contributed by atoms with Crippen molar-refractivity contribution in [3.8, 4) is 0 Å². The van der Waals surface area contributed by atoms with Gasteiger partial charge in [0.05, 0.1) is 18.2 Å². The normalized spacial score (nSPS) is 15.9. The van der Waals surface area contributed by atoms with Crippen molar-refractivity contribution in [2.24, 2.45) is 0 Å². The molecule has 0 radical (unpaired) electrons. The van der Waals surface area contributed by atoms with Gasteiger partial charge in [0.15, 0.2) is 0 Å². The summed E-state index contributed by atoms with van der Waals surface area (Å²) in [5.41, 5.74) is 1.73. The van der Waals surface area contributed by atoms with Crippen molar-refractivity contribution in [1.82, 2.24) is 15.4 Å². The number of nitrogens with one attached hydrogen (secondary N) is 1. The van der Waals surface area contributed by atoms with Crippen LogP contribution in [0, 0.1) is 13.8 Å². The van der Waals surface area contributed by atoms with Crippen molar-refractivity contribution in [1.29, 1.82) is 0 Å². The first kappa shape index (κ1) is 11.1. The molecular weight excluding hydrogens is 206 g/mol. The number of rotatable bonds is 3. The third kappa shape index (κ3) is 1.95. The molecule has 2 heterocycles. The minimum atomic E-state index is 0.126. The van der Waals surface area contributed by atoms with Crippen molar-refractivity contribution in [2.45, 2.75) is 26.3 Å². The third-order valence-corrected chi connectivity index (χ3v) is 3.21. The first-order valence-corrected chi connectivity index (χ1v) is 5.47. The number of aromatic nitrogens is 1. The van der Waals surface area contributed by atoms with E-state index < -0.39 is 0 Å². The molecule has 0 spiro atoms. The molecule has 1 N–H and O–H groups in total. The fraction of sp³-hybridized carbons (Fsp3) is 0.636. The van der Waals surface area contributed by atoms with Gasteiger partial charge < -0.3 is 14.7 Å². The smallest absolute Gasteiger partial charge is 0.227 e. The Morgan fingerprint density at radius 1 is 1.56 bits per heavy atom. The SMILES string of the molecule is Cc1noc(C)c1CC(=O)N(C)C1CNC1. The Morgan fingerprint density at radius 3 is 2.69 bits per heavy atom. The van der Waals surface area contributed by atoms with Crippen LogP contribution in [0.2, 0.25) is 0 Å². The van der Waals surface area contributed by atoms with E-state index in [0.717, 1.165) is 30.1 Å². The summed E-state index contributed by atoms with van der Waals surface area (Å²) < 4.78 is 5.04. The molecule has 1 aliphatic heterocycles. The molecule has 0 aromatic carbocycles. The van der Waals surface area contributed by atoms with Gasteiger partial charge in [-0.2, -0.15) is 0 Å². The predicted octanol–water partition coefficient (Wildman–Crippen LogP) is 0.264. The maximum Gasteiger partial charge on any atom is 0.227 e. The zero-order valence-electron chi connectivity index (χ0n) is 9.91. The molecule has 5 heteroatoms. The summed E-state index contributed by atoms with van der Waals surface area (Å²) in [5, 5.41) is 7.00. The fourth-order valence-corrected chi connectivity index (χ4v) is 1.78. The average molecular weight is 223 g/mol. The molecule has 1 aromatic rings. The molecule has 1 fully saturated rings.